The fourth-order valence-corrected chi connectivity index (χ4v) is 6.66. The Morgan fingerprint density at radius 2 is 1.89 bits per heavy atom. The van der Waals surface area contributed by atoms with Crippen LogP contribution in [0.5, 0.6) is 0 Å². The van der Waals surface area contributed by atoms with E-state index in [-0.39, 0.29) is 0 Å². The van der Waals surface area contributed by atoms with E-state index in [0.717, 1.165) is 23.7 Å². The summed E-state index contributed by atoms with van der Waals surface area (Å²) in [5.74, 6) is 3.94. The van der Waals surface area contributed by atoms with Crippen molar-refractivity contribution in [2.45, 2.75) is 56.3 Å². The fraction of sp³-hybridized carbons (Fsp3) is 0.875. The van der Waals surface area contributed by atoms with Crippen molar-refractivity contribution >= 4 is 45.2 Å². The normalized spacial score (nSPS) is 50.4. The van der Waals surface area contributed by atoms with Crippen LogP contribution in [0, 0.1) is 29.1 Å². The van der Waals surface area contributed by atoms with Crippen LogP contribution in [-0.2, 0) is 0 Å². The summed E-state index contributed by atoms with van der Waals surface area (Å²) in [7, 11) is 0. The molecule has 18 heavy (non-hydrogen) atoms. The van der Waals surface area contributed by atoms with Crippen LogP contribution in [-0.4, -0.2) is 3.42 Å². The predicted octanol–water partition coefficient (Wildman–Crippen LogP) is 5.98. The van der Waals surface area contributed by atoms with Gasteiger partial charge in [-0.05, 0) is 87.4 Å². The number of hydrogen-bond donors (Lipinski definition) is 0. The summed E-state index contributed by atoms with van der Waals surface area (Å²) in [6, 6.07) is 0. The molecule has 4 unspecified atom stereocenters. The van der Waals surface area contributed by atoms with Crippen LogP contribution >= 0.6 is 45.2 Å². The van der Waals surface area contributed by atoms with Gasteiger partial charge in [-0.3, -0.25) is 0 Å². The molecule has 0 bridgehead atoms. The average molecular weight is 470 g/mol. The zero-order valence-electron chi connectivity index (χ0n) is 11.7. The molecule has 5 atom stereocenters. The van der Waals surface area contributed by atoms with Gasteiger partial charge in [0.15, 0.2) is 0 Å². The van der Waals surface area contributed by atoms with Gasteiger partial charge >= 0.3 is 0 Å². The first-order valence-corrected chi connectivity index (χ1v) is 9.50. The standard InChI is InChI=1S/C16H24I2/c1-15(2)13-8-10(17)4-5-11(13)12-6-7-16(3,18)9-14(12)15/h4,11-14H,5-9H2,1-3H3/t11-,12?,13?,14?,16?/m1/s1. The van der Waals surface area contributed by atoms with Gasteiger partial charge in [0.05, 0.1) is 0 Å². The van der Waals surface area contributed by atoms with Crippen LogP contribution in [0.2, 0.25) is 0 Å². The van der Waals surface area contributed by atoms with Crippen LogP contribution in [0.25, 0.3) is 0 Å². The highest BCUT2D eigenvalue weighted by Crippen LogP contribution is 2.65. The maximum atomic E-state index is 2.73. The summed E-state index contributed by atoms with van der Waals surface area (Å²) in [6.07, 6.45) is 9.63. The van der Waals surface area contributed by atoms with E-state index in [1.54, 1.807) is 3.58 Å². The Balaban J connectivity index is 1.92. The number of hydrogen-bond acceptors (Lipinski definition) is 0. The molecule has 3 rings (SSSR count). The Labute approximate surface area is 139 Å². The second-order valence-electron chi connectivity index (χ2n) is 7.61. The first-order valence-electron chi connectivity index (χ1n) is 7.35. The van der Waals surface area contributed by atoms with E-state index in [1.807, 2.05) is 0 Å². The van der Waals surface area contributed by atoms with E-state index in [9.17, 15) is 0 Å². The zero-order valence-corrected chi connectivity index (χ0v) is 16.0. The molecule has 0 aliphatic heterocycles. The Hall–Kier alpha value is 1.20. The predicted molar refractivity (Wildman–Crippen MR) is 95.4 cm³/mol. The molecule has 3 aliphatic rings. The van der Waals surface area contributed by atoms with E-state index in [2.05, 4.69) is 72.0 Å². The summed E-state index contributed by atoms with van der Waals surface area (Å²) >= 11 is 5.30. The van der Waals surface area contributed by atoms with Crippen molar-refractivity contribution in [1.82, 2.24) is 0 Å². The van der Waals surface area contributed by atoms with Crippen LogP contribution in [0.4, 0.5) is 0 Å². The average Bonchev–Trinajstić information content (AvgIpc) is 2.47. The molecule has 0 aromatic rings. The van der Waals surface area contributed by atoms with Crippen LogP contribution in [0.15, 0.2) is 9.66 Å². The molecular weight excluding hydrogens is 446 g/mol. The minimum atomic E-state index is 0.560. The molecule has 0 spiro atoms. The highest BCUT2D eigenvalue weighted by molar-refractivity contribution is 14.1. The smallest absolute Gasteiger partial charge is 0.0197 e. The van der Waals surface area contributed by atoms with Gasteiger partial charge < -0.3 is 0 Å². The molecule has 102 valence electrons. The van der Waals surface area contributed by atoms with E-state index in [1.165, 1.54) is 32.1 Å². The van der Waals surface area contributed by atoms with Gasteiger partial charge in [0, 0.05) is 3.42 Å². The molecule has 0 heterocycles. The minimum absolute atomic E-state index is 0.560. The van der Waals surface area contributed by atoms with Crippen molar-refractivity contribution < 1.29 is 0 Å². The first kappa shape index (κ1) is 14.2. The molecule has 0 N–H and O–H groups in total. The summed E-state index contributed by atoms with van der Waals surface area (Å²) < 4.78 is 2.18. The first-order chi connectivity index (χ1) is 8.31. The largest absolute Gasteiger partial charge is 0.0792 e. The third kappa shape index (κ3) is 2.21. The lowest BCUT2D eigenvalue weighted by molar-refractivity contribution is 0.124. The second kappa shape index (κ2) is 4.60. The molecule has 2 fully saturated rings. The lowest BCUT2D eigenvalue weighted by atomic mass is 9.66. The van der Waals surface area contributed by atoms with E-state index < -0.39 is 0 Å². The molecule has 0 nitrogen and oxygen atoms in total. The molecule has 0 amide bonds. The van der Waals surface area contributed by atoms with Gasteiger partial charge in [-0.25, -0.2) is 0 Å². The third-order valence-corrected chi connectivity index (χ3v) is 8.03. The zero-order chi connectivity index (χ0) is 13.1. The lowest BCUT2D eigenvalue weighted by Gasteiger charge is -2.42. The fourth-order valence-electron chi connectivity index (χ4n) is 5.14. The van der Waals surface area contributed by atoms with Gasteiger partial charge in [0.2, 0.25) is 0 Å². The van der Waals surface area contributed by atoms with E-state index >= 15 is 0 Å². The molecule has 2 heteroatoms. The van der Waals surface area contributed by atoms with Crippen LogP contribution in [0.3, 0.4) is 0 Å². The maximum absolute atomic E-state index is 2.73. The molecular formula is C16H24I2. The quantitative estimate of drug-likeness (QED) is 0.302. The highest BCUT2D eigenvalue weighted by Gasteiger charge is 2.57. The number of allylic oxidation sites excluding steroid dienone is 2. The SMILES string of the molecule is CC1(I)CCC2C(C1)C(C)(C)C1CC(I)=CC[C@H]21. The van der Waals surface area contributed by atoms with Gasteiger partial charge in [-0.2, -0.15) is 0 Å². The Morgan fingerprint density at radius 3 is 2.61 bits per heavy atom. The number of fused-ring (bicyclic) bond motifs is 3. The molecule has 3 aliphatic carbocycles. The molecule has 2 saturated carbocycles. The number of rotatable bonds is 0. The van der Waals surface area contributed by atoms with Crippen LogP contribution in [0.1, 0.15) is 52.9 Å². The topological polar surface area (TPSA) is 0 Å². The van der Waals surface area contributed by atoms with E-state index in [0.29, 0.717) is 8.84 Å². The van der Waals surface area contributed by atoms with Gasteiger partial charge in [0.25, 0.3) is 0 Å². The highest BCUT2D eigenvalue weighted by atomic mass is 127. The molecule has 0 aromatic heterocycles. The number of alkyl halides is 1. The van der Waals surface area contributed by atoms with Crippen molar-refractivity contribution in [1.29, 1.82) is 0 Å². The summed E-state index contributed by atoms with van der Waals surface area (Å²) in [4.78, 5) is 0. The maximum Gasteiger partial charge on any atom is 0.0197 e. The van der Waals surface area contributed by atoms with Gasteiger partial charge in [-0.15, -0.1) is 0 Å². The van der Waals surface area contributed by atoms with Crippen LogP contribution < -0.4 is 0 Å². The van der Waals surface area contributed by atoms with Gasteiger partial charge in [-0.1, -0.05) is 49.4 Å². The number of halogens is 2. The Kier molecular flexibility index (Phi) is 3.62. The summed E-state index contributed by atoms with van der Waals surface area (Å²) in [5.41, 5.74) is 0.562. The van der Waals surface area contributed by atoms with Gasteiger partial charge in [0.1, 0.15) is 0 Å². The van der Waals surface area contributed by atoms with Crippen molar-refractivity contribution in [2.75, 3.05) is 0 Å². The third-order valence-electron chi connectivity index (χ3n) is 6.17. The molecule has 0 saturated heterocycles. The Bertz CT molecular complexity index is 381. The van der Waals surface area contributed by atoms with Crippen molar-refractivity contribution in [3.63, 3.8) is 0 Å². The van der Waals surface area contributed by atoms with Crippen molar-refractivity contribution in [3.8, 4) is 0 Å². The monoisotopic (exact) mass is 470 g/mol. The second-order valence-corrected chi connectivity index (χ2v) is 11.6. The van der Waals surface area contributed by atoms with Crippen molar-refractivity contribution in [2.24, 2.45) is 29.1 Å². The summed E-state index contributed by atoms with van der Waals surface area (Å²) in [6.45, 7) is 7.62. The Morgan fingerprint density at radius 1 is 1.17 bits per heavy atom. The molecule has 0 radical (unpaired) electrons. The van der Waals surface area contributed by atoms with Crippen molar-refractivity contribution in [3.05, 3.63) is 9.66 Å². The lowest BCUT2D eigenvalue weighted by Crippen LogP contribution is -2.36. The van der Waals surface area contributed by atoms with E-state index in [4.69, 9.17) is 0 Å². The molecule has 0 aromatic carbocycles. The summed E-state index contributed by atoms with van der Waals surface area (Å²) in [5, 5.41) is 0. The minimum Gasteiger partial charge on any atom is -0.0792 e.